The number of rotatable bonds is 4. The van der Waals surface area contributed by atoms with E-state index in [1.165, 1.54) is 18.2 Å². The molecule has 0 amide bonds. The molecule has 1 rings (SSSR count). The Morgan fingerprint density at radius 3 is 2.62 bits per heavy atom. The van der Waals surface area contributed by atoms with Gasteiger partial charge in [0.25, 0.3) is 5.69 Å². The average Bonchev–Trinajstić information content (AvgIpc) is 2.18. The van der Waals surface area contributed by atoms with Crippen molar-refractivity contribution in [3.8, 4) is 5.75 Å². The molecule has 6 nitrogen and oxygen atoms in total. The topological polar surface area (TPSA) is 115 Å². The number of aromatic hydroxyl groups is 1. The quantitative estimate of drug-likeness (QED) is 0.544. The number of phenols is 1. The molecule has 90 valence electrons. The first-order valence-electron chi connectivity index (χ1n) is 4.49. The Kier molecular flexibility index (Phi) is 5.73. The third-order valence-electron chi connectivity index (χ3n) is 2.10. The van der Waals surface area contributed by atoms with Crippen LogP contribution < -0.4 is 11.5 Å². The Morgan fingerprint density at radius 1 is 1.50 bits per heavy atom. The van der Waals surface area contributed by atoms with E-state index in [2.05, 4.69) is 0 Å². The third kappa shape index (κ3) is 3.34. The van der Waals surface area contributed by atoms with Crippen molar-refractivity contribution in [3.05, 3.63) is 33.9 Å². The molecule has 0 radical (unpaired) electrons. The molecule has 0 saturated heterocycles. The normalized spacial score (nSPS) is 11.6. The van der Waals surface area contributed by atoms with Gasteiger partial charge in [0.15, 0.2) is 0 Å². The van der Waals surface area contributed by atoms with Crippen LogP contribution in [0, 0.1) is 10.1 Å². The number of hydrogen-bond acceptors (Lipinski definition) is 5. The van der Waals surface area contributed by atoms with E-state index in [4.69, 9.17) is 11.5 Å². The predicted octanol–water partition coefficient (Wildman–Crippen LogP) is 1.07. The molecule has 0 aromatic heterocycles. The number of nitrogens with two attached hydrogens (primary N) is 2. The van der Waals surface area contributed by atoms with Gasteiger partial charge in [0.1, 0.15) is 5.75 Å². The average molecular weight is 248 g/mol. The third-order valence-corrected chi connectivity index (χ3v) is 2.10. The predicted molar refractivity (Wildman–Crippen MR) is 62.6 cm³/mol. The minimum absolute atomic E-state index is 0. The Hall–Kier alpha value is -1.37. The molecule has 0 spiro atoms. The van der Waals surface area contributed by atoms with E-state index in [0.717, 1.165) is 0 Å². The van der Waals surface area contributed by atoms with Crippen molar-refractivity contribution in [2.45, 2.75) is 12.5 Å². The first-order valence-corrected chi connectivity index (χ1v) is 4.49. The molecule has 0 aliphatic rings. The lowest BCUT2D eigenvalue weighted by atomic mass is 10.0. The minimum Gasteiger partial charge on any atom is -0.508 e. The van der Waals surface area contributed by atoms with E-state index in [-0.39, 0.29) is 23.8 Å². The summed E-state index contributed by atoms with van der Waals surface area (Å²) in [5.74, 6) is -0.0402. The molecule has 0 unspecified atom stereocenters. The first kappa shape index (κ1) is 14.6. The molecular weight excluding hydrogens is 234 g/mol. The highest BCUT2D eigenvalue weighted by Crippen LogP contribution is 2.28. The van der Waals surface area contributed by atoms with Crippen LogP contribution in [-0.2, 0) is 0 Å². The monoisotopic (exact) mass is 247 g/mol. The van der Waals surface area contributed by atoms with Crippen LogP contribution in [0.2, 0.25) is 0 Å². The second-order valence-corrected chi connectivity index (χ2v) is 3.18. The van der Waals surface area contributed by atoms with E-state index in [1.54, 1.807) is 0 Å². The molecule has 1 atom stereocenters. The zero-order chi connectivity index (χ0) is 11.4. The summed E-state index contributed by atoms with van der Waals surface area (Å²) in [7, 11) is 0. The van der Waals surface area contributed by atoms with E-state index < -0.39 is 11.0 Å². The number of nitro groups is 1. The molecule has 0 aliphatic heterocycles. The molecular formula is C9H14ClN3O3. The Bertz CT molecular complexity index is 373. The van der Waals surface area contributed by atoms with E-state index in [9.17, 15) is 15.2 Å². The van der Waals surface area contributed by atoms with Crippen LogP contribution in [0.25, 0.3) is 0 Å². The summed E-state index contributed by atoms with van der Waals surface area (Å²) in [5.41, 5.74) is 11.3. The molecule has 1 aromatic rings. The fourth-order valence-corrected chi connectivity index (χ4v) is 1.29. The minimum atomic E-state index is -0.530. The number of non-ortho nitro benzene ring substituents is 1. The highest BCUT2D eigenvalue weighted by molar-refractivity contribution is 5.85. The SMILES string of the molecule is Cl.NCC[C@H](N)c1cc([N+](=O)[O-])ccc1O. The Morgan fingerprint density at radius 2 is 2.12 bits per heavy atom. The summed E-state index contributed by atoms with van der Waals surface area (Å²) in [6.07, 6.45) is 0.467. The molecule has 5 N–H and O–H groups in total. The fourth-order valence-electron chi connectivity index (χ4n) is 1.29. The van der Waals surface area contributed by atoms with Crippen molar-refractivity contribution in [1.29, 1.82) is 0 Å². The lowest BCUT2D eigenvalue weighted by Crippen LogP contribution is -2.15. The van der Waals surface area contributed by atoms with Crippen molar-refractivity contribution in [2.75, 3.05) is 6.54 Å². The van der Waals surface area contributed by atoms with Crippen molar-refractivity contribution in [1.82, 2.24) is 0 Å². The van der Waals surface area contributed by atoms with Gasteiger partial charge in [-0.2, -0.15) is 0 Å². The Labute approximate surface area is 98.8 Å². The summed E-state index contributed by atoms with van der Waals surface area (Å²) in [4.78, 5) is 9.97. The van der Waals surface area contributed by atoms with Gasteiger partial charge >= 0.3 is 0 Å². The highest BCUT2D eigenvalue weighted by Gasteiger charge is 2.15. The molecule has 0 heterocycles. The number of phenolic OH excluding ortho intramolecular Hbond substituents is 1. The van der Waals surface area contributed by atoms with Crippen LogP contribution in [0.15, 0.2) is 18.2 Å². The van der Waals surface area contributed by atoms with Crippen molar-refractivity contribution >= 4 is 18.1 Å². The summed E-state index contributed by atoms with van der Waals surface area (Å²) in [5, 5.41) is 20.0. The lowest BCUT2D eigenvalue weighted by molar-refractivity contribution is -0.385. The number of hydrogen-bond donors (Lipinski definition) is 3. The number of nitrogens with zero attached hydrogens (tertiary/aromatic N) is 1. The standard InChI is InChI=1S/C9H13N3O3.ClH/c10-4-3-8(11)7-5-6(12(14)15)1-2-9(7)13;/h1-2,5,8,13H,3-4,10-11H2;1H/t8-;/m0./s1. The van der Waals surface area contributed by atoms with Gasteiger partial charge in [0, 0.05) is 23.7 Å². The van der Waals surface area contributed by atoms with Gasteiger partial charge in [-0.15, -0.1) is 12.4 Å². The fraction of sp³-hybridized carbons (Fsp3) is 0.333. The van der Waals surface area contributed by atoms with Gasteiger partial charge in [-0.25, -0.2) is 0 Å². The molecule has 16 heavy (non-hydrogen) atoms. The molecule has 0 saturated carbocycles. The summed E-state index contributed by atoms with van der Waals surface area (Å²) in [6, 6.07) is 3.29. The zero-order valence-corrected chi connectivity index (χ0v) is 9.31. The van der Waals surface area contributed by atoms with E-state index >= 15 is 0 Å². The second kappa shape index (κ2) is 6.26. The van der Waals surface area contributed by atoms with Crippen molar-refractivity contribution in [2.24, 2.45) is 11.5 Å². The van der Waals surface area contributed by atoms with Crippen molar-refractivity contribution < 1.29 is 10.0 Å². The van der Waals surface area contributed by atoms with E-state index in [0.29, 0.717) is 18.5 Å². The van der Waals surface area contributed by atoms with Gasteiger partial charge in [0.2, 0.25) is 0 Å². The molecule has 0 aliphatic carbocycles. The molecule has 0 fully saturated rings. The largest absolute Gasteiger partial charge is 0.508 e. The van der Waals surface area contributed by atoms with Gasteiger partial charge in [-0.3, -0.25) is 10.1 Å². The van der Waals surface area contributed by atoms with Crippen LogP contribution >= 0.6 is 12.4 Å². The van der Waals surface area contributed by atoms with Crippen LogP contribution in [0.1, 0.15) is 18.0 Å². The summed E-state index contributed by atoms with van der Waals surface area (Å²) < 4.78 is 0. The maximum Gasteiger partial charge on any atom is 0.270 e. The van der Waals surface area contributed by atoms with Gasteiger partial charge < -0.3 is 16.6 Å². The number of nitro benzene ring substituents is 1. The van der Waals surface area contributed by atoms with Crippen molar-refractivity contribution in [3.63, 3.8) is 0 Å². The molecule has 0 bridgehead atoms. The molecule has 1 aromatic carbocycles. The maximum absolute atomic E-state index is 10.5. The number of halogens is 1. The summed E-state index contributed by atoms with van der Waals surface area (Å²) in [6.45, 7) is 0.364. The van der Waals surface area contributed by atoms with Crippen LogP contribution in [0.3, 0.4) is 0 Å². The summed E-state index contributed by atoms with van der Waals surface area (Å²) >= 11 is 0. The van der Waals surface area contributed by atoms with Gasteiger partial charge in [-0.1, -0.05) is 0 Å². The maximum atomic E-state index is 10.5. The Balaban J connectivity index is 0.00000225. The van der Waals surface area contributed by atoms with Gasteiger partial charge in [0.05, 0.1) is 4.92 Å². The zero-order valence-electron chi connectivity index (χ0n) is 8.50. The van der Waals surface area contributed by atoms with Crippen LogP contribution in [-0.4, -0.2) is 16.6 Å². The van der Waals surface area contributed by atoms with E-state index in [1.807, 2.05) is 0 Å². The lowest BCUT2D eigenvalue weighted by Gasteiger charge is -2.11. The van der Waals surface area contributed by atoms with Crippen LogP contribution in [0.5, 0.6) is 5.75 Å². The highest BCUT2D eigenvalue weighted by atomic mass is 35.5. The molecule has 7 heteroatoms. The first-order chi connectivity index (χ1) is 7.06. The van der Waals surface area contributed by atoms with Crippen LogP contribution in [0.4, 0.5) is 5.69 Å². The van der Waals surface area contributed by atoms with Gasteiger partial charge in [-0.05, 0) is 19.0 Å². The smallest absolute Gasteiger partial charge is 0.270 e. The second-order valence-electron chi connectivity index (χ2n) is 3.18. The number of benzene rings is 1.